The second-order valence-electron chi connectivity index (χ2n) is 4.46. The standard InChI is InChI=1S/C15H17N3O3/c1-20-14-5-3-2-4-13(14)17-15(19)12(10-16)11-18-6-8-21-9-7-18/h2-5,11H,6-9H2,1H3,(H,17,19)/b12-11-. The molecule has 0 unspecified atom stereocenters. The smallest absolute Gasteiger partial charge is 0.267 e. The highest BCUT2D eigenvalue weighted by Crippen LogP contribution is 2.23. The third kappa shape index (κ3) is 3.97. The minimum atomic E-state index is -0.450. The van der Waals surface area contributed by atoms with Crippen LogP contribution in [0.2, 0.25) is 0 Å². The molecule has 1 amide bonds. The number of rotatable bonds is 4. The highest BCUT2D eigenvalue weighted by atomic mass is 16.5. The summed E-state index contributed by atoms with van der Waals surface area (Å²) >= 11 is 0. The van der Waals surface area contributed by atoms with Crippen LogP contribution in [0.5, 0.6) is 5.75 Å². The van der Waals surface area contributed by atoms with Crippen LogP contribution in [0.15, 0.2) is 36.0 Å². The normalized spacial score (nSPS) is 15.2. The van der Waals surface area contributed by atoms with E-state index in [1.807, 2.05) is 17.0 Å². The molecule has 1 heterocycles. The fourth-order valence-electron chi connectivity index (χ4n) is 1.96. The van der Waals surface area contributed by atoms with Crippen molar-refractivity contribution < 1.29 is 14.3 Å². The van der Waals surface area contributed by atoms with Gasteiger partial charge in [-0.25, -0.2) is 0 Å². The van der Waals surface area contributed by atoms with E-state index in [0.717, 1.165) is 0 Å². The Hall–Kier alpha value is -2.52. The van der Waals surface area contributed by atoms with Gasteiger partial charge in [0.15, 0.2) is 0 Å². The van der Waals surface area contributed by atoms with E-state index in [1.165, 1.54) is 7.11 Å². The Kier molecular flexibility index (Phi) is 5.18. The summed E-state index contributed by atoms with van der Waals surface area (Å²) in [6.07, 6.45) is 1.58. The van der Waals surface area contributed by atoms with E-state index in [2.05, 4.69) is 5.32 Å². The van der Waals surface area contributed by atoms with Crippen LogP contribution in [0.3, 0.4) is 0 Å². The molecule has 21 heavy (non-hydrogen) atoms. The lowest BCUT2D eigenvalue weighted by molar-refractivity contribution is -0.112. The highest BCUT2D eigenvalue weighted by molar-refractivity contribution is 6.07. The Balaban J connectivity index is 2.10. The van der Waals surface area contributed by atoms with E-state index in [9.17, 15) is 4.79 Å². The third-order valence-corrected chi connectivity index (χ3v) is 3.08. The Morgan fingerprint density at radius 2 is 2.14 bits per heavy atom. The van der Waals surface area contributed by atoms with Crippen LogP contribution in [0.4, 0.5) is 5.69 Å². The van der Waals surface area contributed by atoms with E-state index in [0.29, 0.717) is 37.7 Å². The summed E-state index contributed by atoms with van der Waals surface area (Å²) < 4.78 is 10.4. The summed E-state index contributed by atoms with van der Waals surface area (Å²) in [6, 6.07) is 9.00. The number of carbonyl (C=O) groups is 1. The number of hydrogen-bond donors (Lipinski definition) is 1. The van der Waals surface area contributed by atoms with Crippen LogP contribution in [-0.4, -0.2) is 44.2 Å². The maximum atomic E-state index is 12.2. The molecule has 1 aromatic carbocycles. The van der Waals surface area contributed by atoms with Gasteiger partial charge in [0.05, 0.1) is 26.0 Å². The van der Waals surface area contributed by atoms with Crippen LogP contribution in [0.25, 0.3) is 0 Å². The quantitative estimate of drug-likeness (QED) is 0.669. The number of anilines is 1. The maximum Gasteiger partial charge on any atom is 0.267 e. The topological polar surface area (TPSA) is 74.6 Å². The number of nitriles is 1. The van der Waals surface area contributed by atoms with E-state index in [4.69, 9.17) is 14.7 Å². The van der Waals surface area contributed by atoms with E-state index in [1.54, 1.807) is 24.4 Å². The zero-order chi connectivity index (χ0) is 15.1. The molecule has 0 atom stereocenters. The van der Waals surface area contributed by atoms with Gasteiger partial charge in [-0.05, 0) is 12.1 Å². The average Bonchev–Trinajstić information content (AvgIpc) is 2.54. The van der Waals surface area contributed by atoms with Gasteiger partial charge in [-0.15, -0.1) is 0 Å². The Bertz CT molecular complexity index is 572. The Morgan fingerprint density at radius 3 is 2.81 bits per heavy atom. The van der Waals surface area contributed by atoms with Gasteiger partial charge >= 0.3 is 0 Å². The number of benzene rings is 1. The fourth-order valence-corrected chi connectivity index (χ4v) is 1.96. The van der Waals surface area contributed by atoms with Gasteiger partial charge in [-0.3, -0.25) is 4.79 Å². The molecule has 0 saturated carbocycles. The number of nitrogens with zero attached hydrogens (tertiary/aromatic N) is 2. The van der Waals surface area contributed by atoms with Gasteiger partial charge < -0.3 is 19.7 Å². The number of morpholine rings is 1. The van der Waals surface area contributed by atoms with Crippen molar-refractivity contribution in [2.75, 3.05) is 38.7 Å². The molecule has 0 radical (unpaired) electrons. The first-order valence-electron chi connectivity index (χ1n) is 6.62. The largest absolute Gasteiger partial charge is 0.495 e. The minimum Gasteiger partial charge on any atom is -0.495 e. The summed E-state index contributed by atoms with van der Waals surface area (Å²) in [5, 5.41) is 11.9. The third-order valence-electron chi connectivity index (χ3n) is 3.08. The second kappa shape index (κ2) is 7.31. The average molecular weight is 287 g/mol. The van der Waals surface area contributed by atoms with Crippen molar-refractivity contribution in [1.82, 2.24) is 4.90 Å². The number of ether oxygens (including phenoxy) is 2. The summed E-state index contributed by atoms with van der Waals surface area (Å²) in [7, 11) is 1.53. The zero-order valence-corrected chi connectivity index (χ0v) is 11.8. The van der Waals surface area contributed by atoms with Crippen LogP contribution >= 0.6 is 0 Å². The molecule has 0 aliphatic carbocycles. The van der Waals surface area contributed by atoms with Gasteiger partial charge in [0.25, 0.3) is 5.91 Å². The molecule has 0 aromatic heterocycles. The van der Waals surface area contributed by atoms with Crippen molar-refractivity contribution in [3.63, 3.8) is 0 Å². The first-order chi connectivity index (χ1) is 10.2. The first-order valence-corrected chi connectivity index (χ1v) is 6.62. The molecule has 0 spiro atoms. The SMILES string of the molecule is COc1ccccc1NC(=O)/C(C#N)=C\N1CCOCC1. The summed E-state index contributed by atoms with van der Waals surface area (Å²) in [5.74, 6) is 0.100. The van der Waals surface area contributed by atoms with Gasteiger partial charge in [-0.1, -0.05) is 12.1 Å². The Labute approximate surface area is 123 Å². The number of para-hydroxylation sites is 2. The molecule has 1 aliphatic rings. The van der Waals surface area contributed by atoms with Crippen molar-refractivity contribution in [2.24, 2.45) is 0 Å². The van der Waals surface area contributed by atoms with Crippen molar-refractivity contribution in [2.45, 2.75) is 0 Å². The first kappa shape index (κ1) is 14.9. The summed E-state index contributed by atoms with van der Waals surface area (Å²) in [6.45, 7) is 2.55. The monoisotopic (exact) mass is 287 g/mol. The van der Waals surface area contributed by atoms with Crippen molar-refractivity contribution in [3.8, 4) is 11.8 Å². The molecule has 110 valence electrons. The molecule has 1 aliphatic heterocycles. The molecule has 1 saturated heterocycles. The number of hydrogen-bond acceptors (Lipinski definition) is 5. The lowest BCUT2D eigenvalue weighted by atomic mass is 10.2. The van der Waals surface area contributed by atoms with Gasteiger partial charge in [0, 0.05) is 19.3 Å². The van der Waals surface area contributed by atoms with Gasteiger partial charge in [0.1, 0.15) is 17.4 Å². The highest BCUT2D eigenvalue weighted by Gasteiger charge is 2.15. The van der Waals surface area contributed by atoms with Gasteiger partial charge in [0.2, 0.25) is 0 Å². The zero-order valence-electron chi connectivity index (χ0n) is 11.8. The lowest BCUT2D eigenvalue weighted by Gasteiger charge is -2.25. The van der Waals surface area contributed by atoms with Crippen LogP contribution in [0.1, 0.15) is 0 Å². The number of nitrogens with one attached hydrogen (secondary N) is 1. The molecule has 1 N–H and O–H groups in total. The molecule has 2 rings (SSSR count). The number of amides is 1. The van der Waals surface area contributed by atoms with Crippen LogP contribution in [-0.2, 0) is 9.53 Å². The fraction of sp³-hybridized carbons (Fsp3) is 0.333. The predicted molar refractivity (Wildman–Crippen MR) is 77.7 cm³/mol. The molecular formula is C15H17N3O3. The van der Waals surface area contributed by atoms with Crippen molar-refractivity contribution in [3.05, 3.63) is 36.0 Å². The van der Waals surface area contributed by atoms with E-state index in [-0.39, 0.29) is 5.57 Å². The molecule has 6 nitrogen and oxygen atoms in total. The van der Waals surface area contributed by atoms with Crippen molar-refractivity contribution in [1.29, 1.82) is 5.26 Å². The maximum absolute atomic E-state index is 12.2. The van der Waals surface area contributed by atoms with Gasteiger partial charge in [-0.2, -0.15) is 5.26 Å². The molecular weight excluding hydrogens is 270 g/mol. The Morgan fingerprint density at radius 1 is 1.43 bits per heavy atom. The summed E-state index contributed by atoms with van der Waals surface area (Å²) in [4.78, 5) is 14.1. The van der Waals surface area contributed by atoms with Crippen molar-refractivity contribution >= 4 is 11.6 Å². The molecule has 0 bridgehead atoms. The number of methoxy groups -OCH3 is 1. The van der Waals surface area contributed by atoms with Crippen LogP contribution in [0, 0.1) is 11.3 Å². The van der Waals surface area contributed by atoms with E-state index < -0.39 is 5.91 Å². The van der Waals surface area contributed by atoms with E-state index >= 15 is 0 Å². The molecule has 6 heteroatoms. The lowest BCUT2D eigenvalue weighted by Crippen LogP contribution is -2.33. The second-order valence-corrected chi connectivity index (χ2v) is 4.46. The number of carbonyl (C=O) groups excluding carboxylic acids is 1. The molecule has 1 fully saturated rings. The molecule has 1 aromatic rings. The minimum absolute atomic E-state index is 0.0582. The van der Waals surface area contributed by atoms with Crippen LogP contribution < -0.4 is 10.1 Å². The predicted octanol–water partition coefficient (Wildman–Crippen LogP) is 1.37. The summed E-state index contributed by atoms with van der Waals surface area (Å²) in [5.41, 5.74) is 0.593.